The Hall–Kier alpha value is -2.10. The molecule has 1 unspecified atom stereocenters. The summed E-state index contributed by atoms with van der Waals surface area (Å²) in [4.78, 5) is 5.77. The molecule has 0 fully saturated rings. The first-order chi connectivity index (χ1) is 10.8. The van der Waals surface area contributed by atoms with Gasteiger partial charge >= 0.3 is 0 Å². The maximum absolute atomic E-state index is 5.87. The Labute approximate surface area is 131 Å². The molecule has 0 aliphatic carbocycles. The molecular formula is C19H23N3. The van der Waals surface area contributed by atoms with Crippen molar-refractivity contribution in [2.45, 2.75) is 19.0 Å². The minimum atomic E-state index is 0.321. The molecule has 2 aromatic carbocycles. The van der Waals surface area contributed by atoms with Gasteiger partial charge in [-0.25, -0.2) is 0 Å². The fourth-order valence-corrected chi connectivity index (χ4v) is 3.12. The van der Waals surface area contributed by atoms with Crippen LogP contribution in [0.2, 0.25) is 0 Å². The number of nitrogens with zero attached hydrogens (tertiary/aromatic N) is 1. The number of aromatic nitrogens is 1. The van der Waals surface area contributed by atoms with Gasteiger partial charge in [0.25, 0.3) is 0 Å². The summed E-state index contributed by atoms with van der Waals surface area (Å²) < 4.78 is 0. The fourth-order valence-electron chi connectivity index (χ4n) is 3.12. The van der Waals surface area contributed by atoms with Gasteiger partial charge in [-0.05, 0) is 37.2 Å². The molecule has 3 heteroatoms. The summed E-state index contributed by atoms with van der Waals surface area (Å²) in [5, 5.41) is 1.29. The number of hydrogen-bond acceptors (Lipinski definition) is 2. The molecule has 0 aliphatic heterocycles. The zero-order chi connectivity index (χ0) is 15.4. The number of rotatable bonds is 6. The highest BCUT2D eigenvalue weighted by Gasteiger charge is 2.19. The molecule has 114 valence electrons. The molecule has 1 heterocycles. The summed E-state index contributed by atoms with van der Waals surface area (Å²) in [6.07, 6.45) is 3.08. The number of H-pyrrole nitrogens is 1. The van der Waals surface area contributed by atoms with Gasteiger partial charge in [-0.1, -0.05) is 48.5 Å². The van der Waals surface area contributed by atoms with Crippen LogP contribution in [0.15, 0.2) is 60.8 Å². The lowest BCUT2D eigenvalue weighted by molar-refractivity contribution is 0.228. The Morgan fingerprint density at radius 3 is 2.55 bits per heavy atom. The standard InChI is InChI=1S/C19H23N3/c1-22(14-15-7-3-2-4-8-15)19(11-12-20)17-13-21-18-10-6-5-9-16(17)18/h2-10,13,19,21H,11-12,14,20H2,1H3. The van der Waals surface area contributed by atoms with E-state index >= 15 is 0 Å². The highest BCUT2D eigenvalue weighted by molar-refractivity contribution is 5.83. The molecule has 0 bridgehead atoms. The van der Waals surface area contributed by atoms with Crippen molar-refractivity contribution in [2.75, 3.05) is 13.6 Å². The average molecular weight is 293 g/mol. The van der Waals surface area contributed by atoms with E-state index in [1.165, 1.54) is 22.0 Å². The van der Waals surface area contributed by atoms with E-state index in [1.807, 2.05) is 0 Å². The summed E-state index contributed by atoms with van der Waals surface area (Å²) in [7, 11) is 2.18. The van der Waals surface area contributed by atoms with Gasteiger partial charge < -0.3 is 10.7 Å². The molecule has 0 saturated heterocycles. The highest BCUT2D eigenvalue weighted by atomic mass is 15.1. The largest absolute Gasteiger partial charge is 0.361 e. The monoisotopic (exact) mass is 293 g/mol. The first kappa shape index (κ1) is 14.8. The Morgan fingerprint density at radius 1 is 1.05 bits per heavy atom. The second-order valence-corrected chi connectivity index (χ2v) is 5.78. The van der Waals surface area contributed by atoms with Crippen molar-refractivity contribution in [1.82, 2.24) is 9.88 Å². The van der Waals surface area contributed by atoms with Crippen molar-refractivity contribution in [3.63, 3.8) is 0 Å². The second-order valence-electron chi connectivity index (χ2n) is 5.78. The third-order valence-corrected chi connectivity index (χ3v) is 4.23. The van der Waals surface area contributed by atoms with E-state index in [0.29, 0.717) is 12.6 Å². The number of fused-ring (bicyclic) bond motifs is 1. The predicted molar refractivity (Wildman–Crippen MR) is 92.6 cm³/mol. The molecule has 0 spiro atoms. The van der Waals surface area contributed by atoms with Gasteiger partial charge in [0, 0.05) is 29.7 Å². The van der Waals surface area contributed by atoms with Gasteiger partial charge in [-0.3, -0.25) is 4.90 Å². The Morgan fingerprint density at radius 2 is 1.77 bits per heavy atom. The van der Waals surface area contributed by atoms with Crippen molar-refractivity contribution in [1.29, 1.82) is 0 Å². The number of aromatic amines is 1. The molecule has 0 aliphatic rings. The normalized spacial score (nSPS) is 12.9. The molecule has 3 N–H and O–H groups in total. The third-order valence-electron chi connectivity index (χ3n) is 4.23. The van der Waals surface area contributed by atoms with Crippen molar-refractivity contribution in [3.05, 3.63) is 71.9 Å². The number of nitrogens with one attached hydrogen (secondary N) is 1. The zero-order valence-corrected chi connectivity index (χ0v) is 13.0. The van der Waals surface area contributed by atoms with Crippen molar-refractivity contribution >= 4 is 10.9 Å². The van der Waals surface area contributed by atoms with Crippen molar-refractivity contribution < 1.29 is 0 Å². The lowest BCUT2D eigenvalue weighted by Crippen LogP contribution is -2.26. The average Bonchev–Trinajstić information content (AvgIpc) is 2.97. The van der Waals surface area contributed by atoms with Gasteiger partial charge in [0.2, 0.25) is 0 Å². The first-order valence-corrected chi connectivity index (χ1v) is 7.80. The summed E-state index contributed by atoms with van der Waals surface area (Å²) in [6, 6.07) is 19.4. The van der Waals surface area contributed by atoms with Crippen LogP contribution < -0.4 is 5.73 Å². The van der Waals surface area contributed by atoms with Crippen LogP contribution in [0.25, 0.3) is 10.9 Å². The zero-order valence-electron chi connectivity index (χ0n) is 13.0. The Balaban J connectivity index is 1.88. The van der Waals surface area contributed by atoms with E-state index in [0.717, 1.165) is 13.0 Å². The predicted octanol–water partition coefficient (Wildman–Crippen LogP) is 3.69. The maximum atomic E-state index is 5.87. The van der Waals surface area contributed by atoms with Crippen LogP contribution in [0.1, 0.15) is 23.6 Å². The molecule has 3 nitrogen and oxygen atoms in total. The van der Waals surface area contributed by atoms with Crippen LogP contribution in [0, 0.1) is 0 Å². The van der Waals surface area contributed by atoms with Crippen LogP contribution in [0.3, 0.4) is 0 Å². The van der Waals surface area contributed by atoms with Gasteiger partial charge in [0.1, 0.15) is 0 Å². The topological polar surface area (TPSA) is 45.0 Å². The molecule has 3 aromatic rings. The van der Waals surface area contributed by atoms with Crippen molar-refractivity contribution in [2.24, 2.45) is 5.73 Å². The number of hydrogen-bond donors (Lipinski definition) is 2. The molecule has 0 amide bonds. The Bertz CT molecular complexity index is 718. The molecule has 22 heavy (non-hydrogen) atoms. The lowest BCUT2D eigenvalue weighted by Gasteiger charge is -2.28. The van der Waals surface area contributed by atoms with Gasteiger partial charge in [-0.2, -0.15) is 0 Å². The highest BCUT2D eigenvalue weighted by Crippen LogP contribution is 2.30. The lowest BCUT2D eigenvalue weighted by atomic mass is 10.0. The van der Waals surface area contributed by atoms with E-state index in [2.05, 4.69) is 77.7 Å². The number of benzene rings is 2. The van der Waals surface area contributed by atoms with E-state index in [1.54, 1.807) is 0 Å². The van der Waals surface area contributed by atoms with Crippen LogP contribution in [0.5, 0.6) is 0 Å². The maximum Gasteiger partial charge on any atom is 0.0457 e. The molecule has 1 atom stereocenters. The van der Waals surface area contributed by atoms with Crippen LogP contribution in [0.4, 0.5) is 0 Å². The quantitative estimate of drug-likeness (QED) is 0.728. The summed E-state index contributed by atoms with van der Waals surface area (Å²) in [6.45, 7) is 1.61. The molecule has 3 rings (SSSR count). The molecule has 0 saturated carbocycles. The van der Waals surface area contributed by atoms with E-state index in [9.17, 15) is 0 Å². The molecule has 1 aromatic heterocycles. The summed E-state index contributed by atoms with van der Waals surface area (Å²) >= 11 is 0. The van der Waals surface area contributed by atoms with Gasteiger partial charge in [-0.15, -0.1) is 0 Å². The first-order valence-electron chi connectivity index (χ1n) is 7.80. The minimum absolute atomic E-state index is 0.321. The van der Waals surface area contributed by atoms with Crippen LogP contribution in [-0.2, 0) is 6.54 Å². The molecule has 0 radical (unpaired) electrons. The summed E-state index contributed by atoms with van der Waals surface area (Å²) in [5.74, 6) is 0. The number of para-hydroxylation sites is 1. The van der Waals surface area contributed by atoms with Gasteiger partial charge in [0.15, 0.2) is 0 Å². The molecular weight excluding hydrogens is 270 g/mol. The van der Waals surface area contributed by atoms with Gasteiger partial charge in [0.05, 0.1) is 0 Å². The van der Waals surface area contributed by atoms with Crippen LogP contribution >= 0.6 is 0 Å². The van der Waals surface area contributed by atoms with E-state index in [-0.39, 0.29) is 0 Å². The SMILES string of the molecule is CN(Cc1ccccc1)C(CCN)c1c[nH]c2ccccc12. The minimum Gasteiger partial charge on any atom is -0.361 e. The van der Waals surface area contributed by atoms with Crippen molar-refractivity contribution in [3.8, 4) is 0 Å². The smallest absolute Gasteiger partial charge is 0.0457 e. The summed E-state index contributed by atoms with van der Waals surface area (Å²) in [5.41, 5.74) is 9.72. The van der Waals surface area contributed by atoms with Crippen LogP contribution in [-0.4, -0.2) is 23.5 Å². The fraction of sp³-hybridized carbons (Fsp3) is 0.263. The number of nitrogens with two attached hydrogens (primary N) is 1. The second kappa shape index (κ2) is 6.77. The van der Waals surface area contributed by atoms with E-state index < -0.39 is 0 Å². The van der Waals surface area contributed by atoms with E-state index in [4.69, 9.17) is 5.73 Å². The third kappa shape index (κ3) is 3.06. The Kier molecular flexibility index (Phi) is 4.56.